The summed E-state index contributed by atoms with van der Waals surface area (Å²) in [5.74, 6) is -0.594. The van der Waals surface area contributed by atoms with Crippen LogP contribution in [0.25, 0.3) is 21.5 Å². The minimum Gasteiger partial charge on any atom is -0.361 e. The van der Waals surface area contributed by atoms with E-state index in [0.717, 1.165) is 10.9 Å². The molecular formula is C19H14FN3OS. The molecule has 1 amide bonds. The first-order valence-corrected chi connectivity index (χ1v) is 8.54. The molecule has 0 saturated carbocycles. The summed E-state index contributed by atoms with van der Waals surface area (Å²) < 4.78 is 13.9. The van der Waals surface area contributed by atoms with E-state index in [1.807, 2.05) is 30.5 Å². The van der Waals surface area contributed by atoms with E-state index < -0.39 is 0 Å². The predicted octanol–water partition coefficient (Wildman–Crippen LogP) is 4.99. The number of fused-ring (bicyclic) bond motifs is 1. The molecule has 0 fully saturated rings. The zero-order valence-corrected chi connectivity index (χ0v) is 14.2. The summed E-state index contributed by atoms with van der Waals surface area (Å²) >= 11 is 1.19. The van der Waals surface area contributed by atoms with E-state index in [-0.39, 0.29) is 11.7 Å². The first-order valence-electron chi connectivity index (χ1n) is 7.72. The third-order valence-corrected chi connectivity index (χ3v) is 5.11. The number of carbonyl (C=O) groups is 1. The molecule has 2 aromatic heterocycles. The zero-order valence-electron chi connectivity index (χ0n) is 13.3. The Labute approximate surface area is 147 Å². The highest BCUT2D eigenvalue weighted by molar-refractivity contribution is 7.17. The molecule has 4 nitrogen and oxygen atoms in total. The van der Waals surface area contributed by atoms with Crippen LogP contribution in [0.5, 0.6) is 0 Å². The van der Waals surface area contributed by atoms with Gasteiger partial charge in [0.05, 0.1) is 5.69 Å². The molecule has 25 heavy (non-hydrogen) atoms. The number of rotatable bonds is 3. The fourth-order valence-electron chi connectivity index (χ4n) is 2.67. The van der Waals surface area contributed by atoms with Gasteiger partial charge in [0.1, 0.15) is 15.7 Å². The van der Waals surface area contributed by atoms with Gasteiger partial charge in [0, 0.05) is 23.0 Å². The molecule has 124 valence electrons. The van der Waals surface area contributed by atoms with Crippen molar-refractivity contribution in [2.75, 3.05) is 5.32 Å². The second-order valence-electron chi connectivity index (χ2n) is 5.65. The number of nitrogens with zero attached hydrogens (tertiary/aromatic N) is 1. The Morgan fingerprint density at radius 1 is 1.20 bits per heavy atom. The molecule has 0 aliphatic rings. The number of amides is 1. The Morgan fingerprint density at radius 3 is 2.88 bits per heavy atom. The van der Waals surface area contributed by atoms with Crippen molar-refractivity contribution >= 4 is 33.8 Å². The number of aromatic amines is 1. The number of halogens is 1. The fraction of sp³-hybridized carbons (Fsp3) is 0.0526. The average Bonchev–Trinajstić information content (AvgIpc) is 3.21. The topological polar surface area (TPSA) is 57.8 Å². The lowest BCUT2D eigenvalue weighted by Crippen LogP contribution is -2.11. The van der Waals surface area contributed by atoms with E-state index >= 15 is 0 Å². The maximum Gasteiger partial charge on any atom is 0.267 e. The van der Waals surface area contributed by atoms with Crippen molar-refractivity contribution in [2.45, 2.75) is 6.92 Å². The molecule has 4 aromatic rings. The van der Waals surface area contributed by atoms with Crippen LogP contribution in [0.2, 0.25) is 0 Å². The van der Waals surface area contributed by atoms with Crippen LogP contribution in [0.3, 0.4) is 0 Å². The highest BCUT2D eigenvalue weighted by Crippen LogP contribution is 2.30. The van der Waals surface area contributed by atoms with Gasteiger partial charge in [-0.3, -0.25) is 4.79 Å². The molecule has 2 aromatic carbocycles. The maximum atomic E-state index is 13.9. The molecule has 2 heterocycles. The van der Waals surface area contributed by atoms with Gasteiger partial charge in [-0.15, -0.1) is 11.3 Å². The summed E-state index contributed by atoms with van der Waals surface area (Å²) in [5, 5.41) is 4.46. The van der Waals surface area contributed by atoms with Crippen LogP contribution in [0.1, 0.15) is 15.4 Å². The van der Waals surface area contributed by atoms with Gasteiger partial charge in [-0.1, -0.05) is 18.2 Å². The lowest BCUT2D eigenvalue weighted by Gasteiger charge is -2.04. The second kappa shape index (κ2) is 6.14. The number of benzene rings is 2. The second-order valence-corrected chi connectivity index (χ2v) is 6.65. The van der Waals surface area contributed by atoms with Crippen LogP contribution in [0.15, 0.2) is 54.7 Å². The van der Waals surface area contributed by atoms with Gasteiger partial charge in [0.25, 0.3) is 5.91 Å². The number of hydrogen-bond donors (Lipinski definition) is 2. The van der Waals surface area contributed by atoms with Gasteiger partial charge < -0.3 is 10.3 Å². The molecule has 2 N–H and O–H groups in total. The first kappa shape index (κ1) is 15.5. The van der Waals surface area contributed by atoms with Crippen molar-refractivity contribution in [2.24, 2.45) is 0 Å². The molecule has 6 heteroatoms. The van der Waals surface area contributed by atoms with Crippen molar-refractivity contribution in [1.29, 1.82) is 0 Å². The number of hydrogen-bond acceptors (Lipinski definition) is 3. The molecule has 0 radical (unpaired) electrons. The Hall–Kier alpha value is -2.99. The lowest BCUT2D eigenvalue weighted by atomic mass is 10.2. The SMILES string of the molecule is Cc1nc(-c2ccccc2F)sc1C(=O)Nc1ccc2cc[nH]c2c1. The van der Waals surface area contributed by atoms with Crippen molar-refractivity contribution in [1.82, 2.24) is 9.97 Å². The van der Waals surface area contributed by atoms with E-state index in [1.54, 1.807) is 25.1 Å². The highest BCUT2D eigenvalue weighted by Gasteiger charge is 2.18. The van der Waals surface area contributed by atoms with Gasteiger partial charge in [-0.05, 0) is 42.6 Å². The molecule has 0 atom stereocenters. The first-order chi connectivity index (χ1) is 12.1. The van der Waals surface area contributed by atoms with Gasteiger partial charge in [-0.2, -0.15) is 0 Å². The average molecular weight is 351 g/mol. The smallest absolute Gasteiger partial charge is 0.267 e. The summed E-state index contributed by atoms with van der Waals surface area (Å²) in [7, 11) is 0. The Kier molecular flexibility index (Phi) is 3.82. The Morgan fingerprint density at radius 2 is 2.04 bits per heavy atom. The van der Waals surface area contributed by atoms with E-state index in [0.29, 0.717) is 26.8 Å². The monoisotopic (exact) mass is 351 g/mol. The number of carbonyl (C=O) groups excluding carboxylic acids is 1. The molecular weight excluding hydrogens is 337 g/mol. The molecule has 0 bridgehead atoms. The number of aryl methyl sites for hydroxylation is 1. The summed E-state index contributed by atoms with van der Waals surface area (Å²) in [6.07, 6.45) is 1.85. The van der Waals surface area contributed by atoms with Crippen LogP contribution in [-0.4, -0.2) is 15.9 Å². The summed E-state index contributed by atoms with van der Waals surface area (Å²) in [5.41, 5.74) is 2.63. The summed E-state index contributed by atoms with van der Waals surface area (Å²) in [6, 6.07) is 14.1. The van der Waals surface area contributed by atoms with Crippen LogP contribution >= 0.6 is 11.3 Å². The number of thiazole rings is 1. The van der Waals surface area contributed by atoms with Crippen LogP contribution in [0.4, 0.5) is 10.1 Å². The van der Waals surface area contributed by atoms with E-state index in [9.17, 15) is 9.18 Å². The van der Waals surface area contributed by atoms with E-state index in [1.165, 1.54) is 17.4 Å². The standard InChI is InChI=1S/C19H14FN3OS/c1-11-17(25-19(22-11)14-4-2-3-5-15(14)20)18(24)23-13-7-6-12-8-9-21-16(12)10-13/h2-10,21H,1H3,(H,23,24). The van der Waals surface area contributed by atoms with Gasteiger partial charge in [0.2, 0.25) is 0 Å². The largest absolute Gasteiger partial charge is 0.361 e. The third-order valence-electron chi connectivity index (χ3n) is 3.92. The summed E-state index contributed by atoms with van der Waals surface area (Å²) in [4.78, 5) is 20.5. The van der Waals surface area contributed by atoms with Crippen LogP contribution < -0.4 is 5.32 Å². The Balaban J connectivity index is 1.63. The van der Waals surface area contributed by atoms with Crippen molar-refractivity contribution in [3.63, 3.8) is 0 Å². The third kappa shape index (κ3) is 2.92. The minimum atomic E-state index is -0.347. The van der Waals surface area contributed by atoms with Crippen LogP contribution in [0, 0.1) is 12.7 Å². The molecule has 0 saturated heterocycles. The van der Waals surface area contributed by atoms with Crippen molar-refractivity contribution in [3.8, 4) is 10.6 Å². The minimum absolute atomic E-state index is 0.247. The molecule has 0 spiro atoms. The Bertz CT molecular complexity index is 1080. The lowest BCUT2D eigenvalue weighted by molar-refractivity contribution is 0.103. The van der Waals surface area contributed by atoms with Crippen molar-refractivity contribution in [3.05, 3.63) is 71.1 Å². The highest BCUT2D eigenvalue weighted by atomic mass is 32.1. The van der Waals surface area contributed by atoms with Crippen LogP contribution in [-0.2, 0) is 0 Å². The fourth-order valence-corrected chi connectivity index (χ4v) is 3.66. The summed E-state index contributed by atoms with van der Waals surface area (Å²) in [6.45, 7) is 1.75. The quantitative estimate of drug-likeness (QED) is 0.546. The zero-order chi connectivity index (χ0) is 17.4. The number of aromatic nitrogens is 2. The maximum absolute atomic E-state index is 13.9. The predicted molar refractivity (Wildman–Crippen MR) is 98.5 cm³/mol. The number of anilines is 1. The number of nitrogens with one attached hydrogen (secondary N) is 2. The van der Waals surface area contributed by atoms with Gasteiger partial charge in [0.15, 0.2) is 0 Å². The van der Waals surface area contributed by atoms with Crippen molar-refractivity contribution < 1.29 is 9.18 Å². The molecule has 0 aliphatic carbocycles. The number of H-pyrrole nitrogens is 1. The van der Waals surface area contributed by atoms with Gasteiger partial charge >= 0.3 is 0 Å². The van der Waals surface area contributed by atoms with E-state index in [4.69, 9.17) is 0 Å². The normalized spacial score (nSPS) is 11.0. The molecule has 4 rings (SSSR count). The molecule has 0 unspecified atom stereocenters. The molecule has 0 aliphatic heterocycles. The van der Waals surface area contributed by atoms with Gasteiger partial charge in [-0.25, -0.2) is 9.37 Å². The van der Waals surface area contributed by atoms with E-state index in [2.05, 4.69) is 15.3 Å².